The molecule has 0 aliphatic rings. The van der Waals surface area contributed by atoms with E-state index in [2.05, 4.69) is 5.32 Å². The number of ether oxygens (including phenoxy) is 1. The number of rotatable bonds is 5. The number of benzene rings is 2. The molecule has 23 heavy (non-hydrogen) atoms. The summed E-state index contributed by atoms with van der Waals surface area (Å²) in [6.45, 7) is -0.575. The standard InChI is InChI=1S/C17H13F2NO3/c18-13-6-2-1-5-12(13)9-10-17(22)23-11-16(21)20-15-8-4-3-7-14(15)19/h1-10H,11H2,(H,20,21)/b10-9+. The molecule has 0 saturated carbocycles. The van der Waals surface area contributed by atoms with Gasteiger partial charge in [0.1, 0.15) is 11.6 Å². The van der Waals surface area contributed by atoms with Gasteiger partial charge in [-0.3, -0.25) is 4.79 Å². The Hall–Kier alpha value is -3.02. The molecule has 0 atom stereocenters. The van der Waals surface area contributed by atoms with E-state index < -0.39 is 30.1 Å². The molecule has 4 nitrogen and oxygen atoms in total. The molecule has 2 aromatic rings. The fourth-order valence-corrected chi connectivity index (χ4v) is 1.70. The quantitative estimate of drug-likeness (QED) is 0.681. The van der Waals surface area contributed by atoms with Crippen LogP contribution >= 0.6 is 0 Å². The van der Waals surface area contributed by atoms with Gasteiger partial charge in [0.2, 0.25) is 0 Å². The number of anilines is 1. The fourth-order valence-electron chi connectivity index (χ4n) is 1.70. The van der Waals surface area contributed by atoms with Gasteiger partial charge in [0.25, 0.3) is 5.91 Å². The van der Waals surface area contributed by atoms with Crippen molar-refractivity contribution in [2.75, 3.05) is 11.9 Å². The lowest BCUT2D eigenvalue weighted by atomic mass is 10.2. The van der Waals surface area contributed by atoms with Crippen molar-refractivity contribution >= 4 is 23.6 Å². The molecule has 0 saturated heterocycles. The summed E-state index contributed by atoms with van der Waals surface area (Å²) >= 11 is 0. The predicted octanol–water partition coefficient (Wildman–Crippen LogP) is 3.16. The van der Waals surface area contributed by atoms with Crippen LogP contribution in [-0.2, 0) is 14.3 Å². The third-order valence-corrected chi connectivity index (χ3v) is 2.80. The maximum absolute atomic E-state index is 13.3. The monoisotopic (exact) mass is 317 g/mol. The smallest absolute Gasteiger partial charge is 0.331 e. The highest BCUT2D eigenvalue weighted by atomic mass is 19.1. The molecule has 1 amide bonds. The first-order valence-electron chi connectivity index (χ1n) is 6.70. The summed E-state index contributed by atoms with van der Waals surface area (Å²) in [4.78, 5) is 23.0. The summed E-state index contributed by atoms with van der Waals surface area (Å²) in [6.07, 6.45) is 2.25. The van der Waals surface area contributed by atoms with E-state index in [1.165, 1.54) is 42.5 Å². The highest BCUT2D eigenvalue weighted by molar-refractivity contribution is 5.94. The molecule has 0 bridgehead atoms. The SMILES string of the molecule is O=C(COC(=O)/C=C/c1ccccc1F)Nc1ccccc1F. The minimum Gasteiger partial charge on any atom is -0.452 e. The molecule has 0 aliphatic carbocycles. The van der Waals surface area contributed by atoms with Crippen LogP contribution in [0.25, 0.3) is 6.08 Å². The van der Waals surface area contributed by atoms with Crippen LogP contribution in [0.3, 0.4) is 0 Å². The molecule has 2 rings (SSSR count). The molecular formula is C17H13F2NO3. The number of carbonyl (C=O) groups is 2. The Kier molecular flexibility index (Phi) is 5.57. The van der Waals surface area contributed by atoms with E-state index in [1.807, 2.05) is 0 Å². The average Bonchev–Trinajstić information content (AvgIpc) is 2.54. The van der Waals surface area contributed by atoms with Crippen LogP contribution in [0.1, 0.15) is 5.56 Å². The van der Waals surface area contributed by atoms with Gasteiger partial charge in [-0.25, -0.2) is 13.6 Å². The van der Waals surface area contributed by atoms with Gasteiger partial charge in [-0.15, -0.1) is 0 Å². The zero-order valence-electron chi connectivity index (χ0n) is 12.0. The maximum Gasteiger partial charge on any atom is 0.331 e. The van der Waals surface area contributed by atoms with Crippen LogP contribution in [-0.4, -0.2) is 18.5 Å². The van der Waals surface area contributed by atoms with Crippen LogP contribution in [0.15, 0.2) is 54.6 Å². The van der Waals surface area contributed by atoms with Crippen LogP contribution < -0.4 is 5.32 Å². The van der Waals surface area contributed by atoms with Crippen molar-refractivity contribution in [3.8, 4) is 0 Å². The van der Waals surface area contributed by atoms with Crippen molar-refractivity contribution in [2.24, 2.45) is 0 Å². The van der Waals surface area contributed by atoms with Gasteiger partial charge in [0, 0.05) is 11.6 Å². The number of carbonyl (C=O) groups excluding carboxylic acids is 2. The van der Waals surface area contributed by atoms with Crippen LogP contribution in [0.4, 0.5) is 14.5 Å². The zero-order chi connectivity index (χ0) is 16.7. The second-order valence-electron chi connectivity index (χ2n) is 4.49. The lowest BCUT2D eigenvalue weighted by Gasteiger charge is -2.06. The van der Waals surface area contributed by atoms with Gasteiger partial charge < -0.3 is 10.1 Å². The highest BCUT2D eigenvalue weighted by Crippen LogP contribution is 2.12. The number of nitrogens with one attached hydrogen (secondary N) is 1. The second kappa shape index (κ2) is 7.84. The van der Waals surface area contributed by atoms with E-state index in [9.17, 15) is 18.4 Å². The van der Waals surface area contributed by atoms with E-state index >= 15 is 0 Å². The summed E-state index contributed by atoms with van der Waals surface area (Å²) in [7, 11) is 0. The summed E-state index contributed by atoms with van der Waals surface area (Å²) in [5.74, 6) is -2.56. The minimum atomic E-state index is -0.808. The number of hydrogen-bond acceptors (Lipinski definition) is 3. The third-order valence-electron chi connectivity index (χ3n) is 2.80. The van der Waals surface area contributed by atoms with Crippen molar-refractivity contribution < 1.29 is 23.1 Å². The number of amides is 1. The summed E-state index contributed by atoms with van der Waals surface area (Å²) in [6, 6.07) is 11.5. The molecule has 0 aliphatic heterocycles. The van der Waals surface area contributed by atoms with Crippen LogP contribution in [0.5, 0.6) is 0 Å². The van der Waals surface area contributed by atoms with Gasteiger partial charge >= 0.3 is 5.97 Å². The molecule has 6 heteroatoms. The Morgan fingerprint density at radius 3 is 2.35 bits per heavy atom. The zero-order valence-corrected chi connectivity index (χ0v) is 12.0. The van der Waals surface area contributed by atoms with E-state index in [4.69, 9.17) is 4.74 Å². The normalized spacial score (nSPS) is 10.5. The number of hydrogen-bond donors (Lipinski definition) is 1. The summed E-state index contributed by atoms with van der Waals surface area (Å²) in [5, 5.41) is 2.27. The molecule has 0 heterocycles. The Balaban J connectivity index is 1.83. The Bertz CT molecular complexity index is 744. The van der Waals surface area contributed by atoms with Crippen LogP contribution in [0.2, 0.25) is 0 Å². The van der Waals surface area contributed by atoms with Crippen molar-refractivity contribution in [2.45, 2.75) is 0 Å². The van der Waals surface area contributed by atoms with Gasteiger partial charge in [0.15, 0.2) is 6.61 Å². The Morgan fingerprint density at radius 1 is 1.00 bits per heavy atom. The van der Waals surface area contributed by atoms with Crippen molar-refractivity contribution in [3.63, 3.8) is 0 Å². The summed E-state index contributed by atoms with van der Waals surface area (Å²) in [5.41, 5.74) is 0.218. The molecule has 1 N–H and O–H groups in total. The first-order valence-corrected chi connectivity index (χ1v) is 6.70. The van der Waals surface area contributed by atoms with Crippen molar-refractivity contribution in [3.05, 3.63) is 71.8 Å². The molecule has 0 fully saturated rings. The van der Waals surface area contributed by atoms with Gasteiger partial charge in [0.05, 0.1) is 5.69 Å². The van der Waals surface area contributed by atoms with Crippen LogP contribution in [0, 0.1) is 11.6 Å². The molecular weight excluding hydrogens is 304 g/mol. The molecule has 0 unspecified atom stereocenters. The number of para-hydroxylation sites is 1. The third kappa shape index (κ3) is 5.03. The van der Waals surface area contributed by atoms with Crippen molar-refractivity contribution in [1.82, 2.24) is 0 Å². The molecule has 0 spiro atoms. The Labute approximate surface area is 131 Å². The largest absolute Gasteiger partial charge is 0.452 e. The van der Waals surface area contributed by atoms with E-state index in [0.717, 1.165) is 6.08 Å². The van der Waals surface area contributed by atoms with Gasteiger partial charge in [-0.2, -0.15) is 0 Å². The fraction of sp³-hybridized carbons (Fsp3) is 0.0588. The molecule has 118 valence electrons. The van der Waals surface area contributed by atoms with Gasteiger partial charge in [-0.05, 0) is 24.3 Å². The lowest BCUT2D eigenvalue weighted by Crippen LogP contribution is -2.20. The highest BCUT2D eigenvalue weighted by Gasteiger charge is 2.08. The number of esters is 1. The van der Waals surface area contributed by atoms with Gasteiger partial charge in [-0.1, -0.05) is 30.3 Å². The summed E-state index contributed by atoms with van der Waals surface area (Å²) < 4.78 is 31.4. The molecule has 0 aromatic heterocycles. The lowest BCUT2D eigenvalue weighted by molar-refractivity contribution is -0.142. The Morgan fingerprint density at radius 2 is 1.65 bits per heavy atom. The molecule has 2 aromatic carbocycles. The van der Waals surface area contributed by atoms with E-state index in [-0.39, 0.29) is 11.3 Å². The minimum absolute atomic E-state index is 0.00422. The first-order chi connectivity index (χ1) is 11.1. The number of halogens is 2. The average molecular weight is 317 g/mol. The maximum atomic E-state index is 13.3. The van der Waals surface area contributed by atoms with Crippen molar-refractivity contribution in [1.29, 1.82) is 0 Å². The molecule has 0 radical (unpaired) electrons. The van der Waals surface area contributed by atoms with E-state index in [0.29, 0.717) is 0 Å². The first kappa shape index (κ1) is 16.4. The topological polar surface area (TPSA) is 55.4 Å². The predicted molar refractivity (Wildman–Crippen MR) is 81.4 cm³/mol. The van der Waals surface area contributed by atoms with E-state index in [1.54, 1.807) is 12.1 Å². The second-order valence-corrected chi connectivity index (χ2v) is 4.49.